The SMILES string of the molecule is O=[N+]([O-])c1ccc(COc2ccccc2Br)c(Br)c1. The summed E-state index contributed by atoms with van der Waals surface area (Å²) < 4.78 is 7.19. The lowest BCUT2D eigenvalue weighted by Gasteiger charge is -2.09. The Balaban J connectivity index is 2.12. The van der Waals surface area contributed by atoms with Gasteiger partial charge < -0.3 is 4.74 Å². The molecule has 98 valence electrons. The maximum Gasteiger partial charge on any atom is 0.270 e. The zero-order valence-electron chi connectivity index (χ0n) is 9.68. The lowest BCUT2D eigenvalue weighted by atomic mass is 10.2. The number of halogens is 2. The number of hydrogen-bond donors (Lipinski definition) is 0. The van der Waals surface area contributed by atoms with Crippen molar-refractivity contribution in [2.24, 2.45) is 0 Å². The van der Waals surface area contributed by atoms with Gasteiger partial charge in [-0.25, -0.2) is 0 Å². The van der Waals surface area contributed by atoms with E-state index in [1.165, 1.54) is 12.1 Å². The number of nitro benzene ring substituents is 1. The third-order valence-corrected chi connectivity index (χ3v) is 3.86. The summed E-state index contributed by atoms with van der Waals surface area (Å²) in [6.07, 6.45) is 0. The van der Waals surface area contributed by atoms with Gasteiger partial charge in [0.2, 0.25) is 0 Å². The third-order valence-electron chi connectivity index (χ3n) is 2.47. The van der Waals surface area contributed by atoms with E-state index in [9.17, 15) is 10.1 Å². The minimum Gasteiger partial charge on any atom is -0.488 e. The first-order valence-corrected chi connectivity index (χ1v) is 6.96. The number of nitrogens with zero attached hydrogens (tertiary/aromatic N) is 1. The van der Waals surface area contributed by atoms with Crippen molar-refractivity contribution in [2.75, 3.05) is 0 Å². The lowest BCUT2D eigenvalue weighted by molar-refractivity contribution is -0.384. The maximum atomic E-state index is 10.6. The van der Waals surface area contributed by atoms with Gasteiger partial charge >= 0.3 is 0 Å². The monoisotopic (exact) mass is 385 g/mol. The highest BCUT2D eigenvalue weighted by atomic mass is 79.9. The molecule has 0 saturated heterocycles. The van der Waals surface area contributed by atoms with E-state index >= 15 is 0 Å². The Hall–Kier alpha value is -1.40. The van der Waals surface area contributed by atoms with Gasteiger partial charge in [0.25, 0.3) is 5.69 Å². The van der Waals surface area contributed by atoms with E-state index in [1.54, 1.807) is 6.07 Å². The Morgan fingerprint density at radius 1 is 1.11 bits per heavy atom. The van der Waals surface area contributed by atoms with Crippen molar-refractivity contribution in [3.05, 3.63) is 67.1 Å². The fraction of sp³-hybridized carbons (Fsp3) is 0.0769. The van der Waals surface area contributed by atoms with Gasteiger partial charge in [-0.15, -0.1) is 0 Å². The molecule has 2 rings (SSSR count). The Labute approximate surface area is 126 Å². The molecule has 0 spiro atoms. The molecule has 0 N–H and O–H groups in total. The molecule has 4 nitrogen and oxygen atoms in total. The van der Waals surface area contributed by atoms with E-state index in [4.69, 9.17) is 4.74 Å². The number of benzene rings is 2. The summed E-state index contributed by atoms with van der Waals surface area (Å²) >= 11 is 6.70. The number of ether oxygens (including phenoxy) is 1. The lowest BCUT2D eigenvalue weighted by Crippen LogP contribution is -1.98. The number of para-hydroxylation sites is 1. The van der Waals surface area contributed by atoms with Gasteiger partial charge in [-0.1, -0.05) is 28.1 Å². The molecule has 0 aliphatic rings. The number of hydrogen-bond acceptors (Lipinski definition) is 3. The summed E-state index contributed by atoms with van der Waals surface area (Å²) in [6, 6.07) is 12.1. The fourth-order valence-electron chi connectivity index (χ4n) is 1.48. The number of rotatable bonds is 4. The molecule has 2 aromatic rings. The average molecular weight is 387 g/mol. The Morgan fingerprint density at radius 2 is 1.84 bits per heavy atom. The van der Waals surface area contributed by atoms with Crippen molar-refractivity contribution in [1.29, 1.82) is 0 Å². The topological polar surface area (TPSA) is 52.4 Å². The number of non-ortho nitro benzene ring substituents is 1. The van der Waals surface area contributed by atoms with Crippen molar-refractivity contribution in [3.8, 4) is 5.75 Å². The van der Waals surface area contributed by atoms with Crippen molar-refractivity contribution in [3.63, 3.8) is 0 Å². The van der Waals surface area contributed by atoms with Crippen LogP contribution >= 0.6 is 31.9 Å². The number of nitro groups is 1. The van der Waals surface area contributed by atoms with Gasteiger partial charge in [0.15, 0.2) is 0 Å². The summed E-state index contributed by atoms with van der Waals surface area (Å²) in [5.74, 6) is 0.729. The second-order valence-corrected chi connectivity index (χ2v) is 5.46. The van der Waals surface area contributed by atoms with Crippen molar-refractivity contribution in [2.45, 2.75) is 6.61 Å². The molecule has 19 heavy (non-hydrogen) atoms. The fourth-order valence-corrected chi connectivity index (χ4v) is 2.36. The second kappa shape index (κ2) is 6.16. The van der Waals surface area contributed by atoms with Crippen molar-refractivity contribution < 1.29 is 9.66 Å². The summed E-state index contributed by atoms with van der Waals surface area (Å²) in [5, 5.41) is 10.6. The molecule has 0 heterocycles. The first-order chi connectivity index (χ1) is 9.08. The van der Waals surface area contributed by atoms with Crippen LogP contribution in [0.4, 0.5) is 5.69 Å². The van der Waals surface area contributed by atoms with Crippen LogP contribution in [0.5, 0.6) is 5.75 Å². The summed E-state index contributed by atoms with van der Waals surface area (Å²) in [4.78, 5) is 10.2. The third kappa shape index (κ3) is 3.54. The van der Waals surface area contributed by atoms with E-state index < -0.39 is 4.92 Å². The minimum atomic E-state index is -0.427. The van der Waals surface area contributed by atoms with E-state index in [-0.39, 0.29) is 5.69 Å². The zero-order chi connectivity index (χ0) is 13.8. The first kappa shape index (κ1) is 14.0. The van der Waals surface area contributed by atoms with E-state index in [2.05, 4.69) is 31.9 Å². The predicted molar refractivity (Wildman–Crippen MR) is 79.3 cm³/mol. The maximum absolute atomic E-state index is 10.6. The molecule has 0 aliphatic carbocycles. The highest BCUT2D eigenvalue weighted by molar-refractivity contribution is 9.10. The van der Waals surface area contributed by atoms with Crippen LogP contribution in [0.25, 0.3) is 0 Å². The van der Waals surface area contributed by atoms with E-state index in [0.717, 1.165) is 15.8 Å². The van der Waals surface area contributed by atoms with Crippen LogP contribution in [0, 0.1) is 10.1 Å². The smallest absolute Gasteiger partial charge is 0.270 e. The van der Waals surface area contributed by atoms with Crippen LogP contribution in [0.1, 0.15) is 5.56 Å². The van der Waals surface area contributed by atoms with Crippen molar-refractivity contribution in [1.82, 2.24) is 0 Å². The van der Waals surface area contributed by atoms with E-state index in [1.807, 2.05) is 24.3 Å². The molecule has 0 unspecified atom stereocenters. The van der Waals surface area contributed by atoms with E-state index in [0.29, 0.717) is 11.1 Å². The molecule has 0 aliphatic heterocycles. The summed E-state index contributed by atoms with van der Waals surface area (Å²) in [6.45, 7) is 0.335. The van der Waals surface area contributed by atoms with Crippen molar-refractivity contribution >= 4 is 37.5 Å². The summed E-state index contributed by atoms with van der Waals surface area (Å²) in [7, 11) is 0. The standard InChI is InChI=1S/C13H9Br2NO3/c14-11-3-1-2-4-13(11)19-8-9-5-6-10(16(17)18)7-12(9)15/h1-7H,8H2. The van der Waals surface area contributed by atoms with Crippen LogP contribution < -0.4 is 4.74 Å². The molecule has 2 aromatic carbocycles. The summed E-state index contributed by atoms with van der Waals surface area (Å²) in [5.41, 5.74) is 0.901. The molecule has 0 saturated carbocycles. The van der Waals surface area contributed by atoms with Gasteiger partial charge in [-0.05, 0) is 34.1 Å². The van der Waals surface area contributed by atoms with Gasteiger partial charge in [-0.2, -0.15) is 0 Å². The average Bonchev–Trinajstić information content (AvgIpc) is 2.39. The Kier molecular flexibility index (Phi) is 4.55. The molecule has 0 bridgehead atoms. The molecule has 0 radical (unpaired) electrons. The van der Waals surface area contributed by atoms with Crippen LogP contribution in [-0.2, 0) is 6.61 Å². The molecule has 0 amide bonds. The van der Waals surface area contributed by atoms with Crippen LogP contribution in [-0.4, -0.2) is 4.92 Å². The zero-order valence-corrected chi connectivity index (χ0v) is 12.8. The highest BCUT2D eigenvalue weighted by Crippen LogP contribution is 2.27. The normalized spacial score (nSPS) is 10.2. The molecule has 0 fully saturated rings. The van der Waals surface area contributed by atoms with Crippen LogP contribution in [0.15, 0.2) is 51.4 Å². The Morgan fingerprint density at radius 3 is 2.47 bits per heavy atom. The van der Waals surface area contributed by atoms with Gasteiger partial charge in [-0.3, -0.25) is 10.1 Å². The highest BCUT2D eigenvalue weighted by Gasteiger charge is 2.09. The molecule has 0 aromatic heterocycles. The van der Waals surface area contributed by atoms with Crippen LogP contribution in [0.2, 0.25) is 0 Å². The van der Waals surface area contributed by atoms with Gasteiger partial charge in [0.05, 0.1) is 9.40 Å². The predicted octanol–water partition coefficient (Wildman–Crippen LogP) is 4.70. The molecular weight excluding hydrogens is 378 g/mol. The molecule has 0 atom stereocenters. The van der Waals surface area contributed by atoms with Gasteiger partial charge in [0, 0.05) is 22.2 Å². The molecule has 6 heteroatoms. The van der Waals surface area contributed by atoms with Crippen LogP contribution in [0.3, 0.4) is 0 Å². The first-order valence-electron chi connectivity index (χ1n) is 5.38. The Bertz CT molecular complexity index is 617. The second-order valence-electron chi connectivity index (χ2n) is 3.75. The quantitative estimate of drug-likeness (QED) is 0.565. The largest absolute Gasteiger partial charge is 0.488 e. The van der Waals surface area contributed by atoms with Gasteiger partial charge in [0.1, 0.15) is 12.4 Å². The minimum absolute atomic E-state index is 0.0523. The molecular formula is C13H9Br2NO3.